The van der Waals surface area contributed by atoms with E-state index in [9.17, 15) is 9.59 Å². The lowest BCUT2D eigenvalue weighted by molar-refractivity contribution is -0.139. The van der Waals surface area contributed by atoms with E-state index >= 15 is 0 Å². The highest BCUT2D eigenvalue weighted by atomic mass is 16.5. The largest absolute Gasteiger partial charge is 0.460 e. The van der Waals surface area contributed by atoms with Crippen LogP contribution in [0, 0.1) is 0 Å². The van der Waals surface area contributed by atoms with Crippen molar-refractivity contribution in [3.8, 4) is 0 Å². The van der Waals surface area contributed by atoms with E-state index in [1.807, 2.05) is 0 Å². The summed E-state index contributed by atoms with van der Waals surface area (Å²) in [7, 11) is 0. The maximum Gasteiger partial charge on any atom is 0.409 e. The molecular weight excluding hydrogens is 202 g/mol. The van der Waals surface area contributed by atoms with Gasteiger partial charge in [-0.2, -0.15) is 0 Å². The summed E-state index contributed by atoms with van der Waals surface area (Å²) in [6.07, 6.45) is 0.146. The average molecular weight is 217 g/mol. The van der Waals surface area contributed by atoms with Gasteiger partial charge in [0, 0.05) is 5.57 Å². The van der Waals surface area contributed by atoms with Crippen LogP contribution in [0.3, 0.4) is 0 Å². The third kappa shape index (κ3) is 15.0. The zero-order chi connectivity index (χ0) is 12.3. The Kier molecular flexibility index (Phi) is 10.7. The molecule has 0 aliphatic carbocycles. The average Bonchev–Trinajstić information content (AvgIpc) is 2.14. The molecule has 0 unspecified atom stereocenters. The van der Waals surface area contributed by atoms with Crippen LogP contribution >= 0.6 is 0 Å². The van der Waals surface area contributed by atoms with E-state index in [4.69, 9.17) is 5.11 Å². The van der Waals surface area contributed by atoms with Crippen molar-refractivity contribution in [2.45, 2.75) is 6.92 Å². The van der Waals surface area contributed by atoms with Gasteiger partial charge in [-0.25, -0.2) is 9.59 Å². The molecule has 1 amide bonds. The number of hydrogen-bond donors (Lipinski definition) is 2. The smallest absolute Gasteiger partial charge is 0.409 e. The first kappa shape index (κ1) is 15.6. The van der Waals surface area contributed by atoms with Crippen LogP contribution in [0.4, 0.5) is 4.79 Å². The van der Waals surface area contributed by atoms with E-state index in [1.54, 1.807) is 6.92 Å². The van der Waals surface area contributed by atoms with Crippen LogP contribution in [0.1, 0.15) is 6.92 Å². The fourth-order valence-corrected chi connectivity index (χ4v) is 0.344. The molecule has 0 aromatic carbocycles. The fourth-order valence-electron chi connectivity index (χ4n) is 0.344. The van der Waals surface area contributed by atoms with Crippen molar-refractivity contribution in [2.75, 3.05) is 13.2 Å². The van der Waals surface area contributed by atoms with Crippen LogP contribution in [0.2, 0.25) is 0 Å². The topological polar surface area (TPSA) is 98.8 Å². The Labute approximate surface area is 88.0 Å². The molecule has 0 aliphatic rings. The van der Waals surface area contributed by atoms with Crippen molar-refractivity contribution in [1.82, 2.24) is 0 Å². The molecule has 0 atom stereocenters. The van der Waals surface area contributed by atoms with Crippen LogP contribution < -0.4 is 5.73 Å². The van der Waals surface area contributed by atoms with Crippen LogP contribution in [-0.4, -0.2) is 30.4 Å². The summed E-state index contributed by atoms with van der Waals surface area (Å²) in [4.78, 5) is 20.0. The summed E-state index contributed by atoms with van der Waals surface area (Å²) in [5, 5.41) is 8.19. The summed E-state index contributed by atoms with van der Waals surface area (Å²) >= 11 is 0. The van der Waals surface area contributed by atoms with E-state index in [2.05, 4.69) is 28.4 Å². The van der Waals surface area contributed by atoms with E-state index in [0.717, 1.165) is 6.26 Å². The molecule has 86 valence electrons. The van der Waals surface area contributed by atoms with Gasteiger partial charge in [0.15, 0.2) is 0 Å². The first-order valence-corrected chi connectivity index (χ1v) is 3.96. The molecule has 6 heteroatoms. The van der Waals surface area contributed by atoms with Gasteiger partial charge in [0.2, 0.25) is 0 Å². The number of aliphatic hydroxyl groups excluding tert-OH is 1. The molecule has 0 bridgehead atoms. The number of esters is 1. The fraction of sp³-hybridized carbons (Fsp3) is 0.333. The van der Waals surface area contributed by atoms with Gasteiger partial charge in [0.05, 0.1) is 12.9 Å². The first-order valence-electron chi connectivity index (χ1n) is 3.96. The van der Waals surface area contributed by atoms with Crippen molar-refractivity contribution < 1.29 is 24.2 Å². The molecule has 0 saturated heterocycles. The number of aliphatic hydroxyl groups is 1. The van der Waals surface area contributed by atoms with Gasteiger partial charge in [-0.15, -0.1) is 0 Å². The third-order valence-corrected chi connectivity index (χ3v) is 0.872. The number of primary amides is 1. The number of amides is 1. The summed E-state index contributed by atoms with van der Waals surface area (Å²) in [5.41, 5.74) is 4.82. The molecule has 0 heterocycles. The highest BCUT2D eigenvalue weighted by Gasteiger charge is 1.99. The Morgan fingerprint density at radius 2 is 2.07 bits per heavy atom. The van der Waals surface area contributed by atoms with Gasteiger partial charge in [-0.1, -0.05) is 13.2 Å². The number of carbonyl (C=O) groups is 2. The Morgan fingerprint density at radius 3 is 2.27 bits per heavy atom. The van der Waals surface area contributed by atoms with Crippen molar-refractivity contribution in [1.29, 1.82) is 0 Å². The molecule has 15 heavy (non-hydrogen) atoms. The molecule has 3 N–H and O–H groups in total. The minimum Gasteiger partial charge on any atom is -0.460 e. The van der Waals surface area contributed by atoms with Crippen molar-refractivity contribution in [2.24, 2.45) is 5.73 Å². The quantitative estimate of drug-likeness (QED) is 0.401. The molecule has 0 rings (SSSR count). The lowest BCUT2D eigenvalue weighted by Gasteiger charge is -1.99. The van der Waals surface area contributed by atoms with Crippen molar-refractivity contribution in [3.63, 3.8) is 0 Å². The predicted octanol–water partition coefficient (Wildman–Crippen LogP) is 0.323. The highest BCUT2D eigenvalue weighted by Crippen LogP contribution is 1.89. The number of rotatable bonds is 4. The Balaban J connectivity index is 0. The van der Waals surface area contributed by atoms with Crippen molar-refractivity contribution in [3.05, 3.63) is 25.0 Å². The van der Waals surface area contributed by atoms with Gasteiger partial charge in [0.1, 0.15) is 6.61 Å². The van der Waals surface area contributed by atoms with Crippen LogP contribution in [-0.2, 0) is 14.3 Å². The second-order valence-electron chi connectivity index (χ2n) is 2.24. The first-order chi connectivity index (χ1) is 6.95. The number of carbonyl (C=O) groups excluding carboxylic acids is 2. The Morgan fingerprint density at radius 1 is 1.53 bits per heavy atom. The molecule has 0 aromatic rings. The lowest BCUT2D eigenvalue weighted by atomic mass is 10.4. The Bertz CT molecular complexity index is 237. The molecule has 6 nitrogen and oxygen atoms in total. The molecule has 0 radical (unpaired) electrons. The SMILES string of the molecule is C=C(C)C(=O)OCCO.C=COC(N)=O. The van der Waals surface area contributed by atoms with Crippen LogP contribution in [0.5, 0.6) is 0 Å². The molecule has 0 aromatic heterocycles. The highest BCUT2D eigenvalue weighted by molar-refractivity contribution is 5.86. The second-order valence-corrected chi connectivity index (χ2v) is 2.24. The Hall–Kier alpha value is -1.82. The van der Waals surface area contributed by atoms with Gasteiger partial charge >= 0.3 is 12.1 Å². The minimum absolute atomic E-state index is 0.0473. The van der Waals surface area contributed by atoms with Crippen molar-refractivity contribution >= 4 is 12.1 Å². The van der Waals surface area contributed by atoms with Gasteiger partial charge in [0.25, 0.3) is 0 Å². The van der Waals surface area contributed by atoms with E-state index < -0.39 is 12.1 Å². The summed E-state index contributed by atoms with van der Waals surface area (Å²) in [5.74, 6) is -0.455. The summed E-state index contributed by atoms with van der Waals surface area (Å²) in [6, 6.07) is 0. The van der Waals surface area contributed by atoms with Crippen LogP contribution in [0.15, 0.2) is 25.0 Å². The standard InChI is InChI=1S/C6H10O3.C3H5NO2/c1-5(2)6(8)9-4-3-7;1-2-6-3(4)5/h7H,1,3-4H2,2H3;2H,1H2,(H2,4,5). The van der Waals surface area contributed by atoms with E-state index in [1.165, 1.54) is 0 Å². The maximum absolute atomic E-state index is 10.5. The molecular formula is C9H15NO5. The molecule has 0 fully saturated rings. The maximum atomic E-state index is 10.5. The molecule has 0 saturated carbocycles. The second kappa shape index (κ2) is 10.3. The third-order valence-electron chi connectivity index (χ3n) is 0.872. The summed E-state index contributed by atoms with van der Waals surface area (Å²) < 4.78 is 8.41. The lowest BCUT2D eigenvalue weighted by Crippen LogP contribution is -2.08. The minimum atomic E-state index is -0.829. The van der Waals surface area contributed by atoms with Gasteiger partial charge < -0.3 is 20.3 Å². The number of nitrogens with two attached hydrogens (primary N) is 1. The molecule has 0 aliphatic heterocycles. The van der Waals surface area contributed by atoms with Crippen LogP contribution in [0.25, 0.3) is 0 Å². The zero-order valence-corrected chi connectivity index (χ0v) is 8.56. The van der Waals surface area contributed by atoms with Gasteiger partial charge in [-0.05, 0) is 6.92 Å². The zero-order valence-electron chi connectivity index (χ0n) is 8.56. The number of hydrogen-bond acceptors (Lipinski definition) is 5. The molecule has 0 spiro atoms. The van der Waals surface area contributed by atoms with Gasteiger partial charge in [-0.3, -0.25) is 0 Å². The monoisotopic (exact) mass is 217 g/mol. The number of ether oxygens (including phenoxy) is 2. The van der Waals surface area contributed by atoms with E-state index in [-0.39, 0.29) is 13.2 Å². The van der Waals surface area contributed by atoms with E-state index in [0.29, 0.717) is 5.57 Å². The predicted molar refractivity (Wildman–Crippen MR) is 53.7 cm³/mol. The summed E-state index contributed by atoms with van der Waals surface area (Å²) in [6.45, 7) is 7.89. The normalized spacial score (nSPS) is 7.87.